The minimum absolute atomic E-state index is 0.142. The largest absolute Gasteiger partial charge is 0.454 e. The fraction of sp³-hybridized carbons (Fsp3) is 0.261. The second-order valence-corrected chi connectivity index (χ2v) is 8.72. The topological polar surface area (TPSA) is 89.4 Å². The summed E-state index contributed by atoms with van der Waals surface area (Å²) in [5.74, 6) is -1.39. The number of nitrogens with zero attached hydrogens (tertiary/aromatic N) is 1. The summed E-state index contributed by atoms with van der Waals surface area (Å²) in [6.45, 7) is 0.214. The number of aromatic nitrogens is 1. The Kier molecular flexibility index (Phi) is 6.75. The smallest absolute Gasteiger partial charge is 0.252 e. The molecule has 0 unspecified atom stereocenters. The Morgan fingerprint density at radius 1 is 1.06 bits per heavy atom. The van der Waals surface area contributed by atoms with Gasteiger partial charge in [-0.25, -0.2) is 21.9 Å². The molecule has 2 N–H and O–H groups in total. The van der Waals surface area contributed by atoms with Crippen LogP contribution in [0.2, 0.25) is 0 Å². The van der Waals surface area contributed by atoms with Crippen LogP contribution in [-0.2, 0) is 24.4 Å². The Morgan fingerprint density at radius 2 is 1.82 bits per heavy atom. The predicted molar refractivity (Wildman–Crippen MR) is 122 cm³/mol. The number of nitrogens with one attached hydrogen (secondary N) is 2. The van der Waals surface area contributed by atoms with Crippen molar-refractivity contribution in [2.24, 2.45) is 7.05 Å². The number of hydrogen-bond donors (Lipinski definition) is 3. The lowest BCUT2D eigenvalue weighted by Gasteiger charge is -2.18. The first-order valence-corrected chi connectivity index (χ1v) is 11.6. The zero-order chi connectivity index (χ0) is 23.5. The molecule has 0 spiro atoms. The summed E-state index contributed by atoms with van der Waals surface area (Å²) in [4.78, 5) is 12.3. The first-order valence-electron chi connectivity index (χ1n) is 10.4. The van der Waals surface area contributed by atoms with Crippen molar-refractivity contribution >= 4 is 16.6 Å². The van der Waals surface area contributed by atoms with Gasteiger partial charge in [-0.3, -0.25) is 4.79 Å². The summed E-state index contributed by atoms with van der Waals surface area (Å²) in [7, 11) is -1.08. The fourth-order valence-corrected chi connectivity index (χ4v) is 3.71. The highest BCUT2D eigenvalue weighted by atomic mass is 32.2. The van der Waals surface area contributed by atoms with Crippen molar-refractivity contribution in [2.75, 3.05) is 11.9 Å². The van der Waals surface area contributed by atoms with E-state index in [-0.39, 0.29) is 23.9 Å². The van der Waals surface area contributed by atoms with E-state index in [1.807, 2.05) is 6.07 Å². The van der Waals surface area contributed by atoms with E-state index in [1.165, 1.54) is 16.7 Å². The molecule has 174 valence electrons. The summed E-state index contributed by atoms with van der Waals surface area (Å²) in [5.41, 5.74) is 2.51. The monoisotopic (exact) mass is 475 g/mol. The SMILES string of the molecule is Cn1cc(-c2cc(CCN[SH](=O)=O)ccc2Oc2ccc(F)cc2F)c(NC2CC2)cc1=O. The van der Waals surface area contributed by atoms with Gasteiger partial charge in [-0.2, -0.15) is 0 Å². The van der Waals surface area contributed by atoms with E-state index in [1.54, 1.807) is 25.4 Å². The Hall–Kier alpha value is -3.24. The van der Waals surface area contributed by atoms with Crippen molar-refractivity contribution in [1.29, 1.82) is 0 Å². The van der Waals surface area contributed by atoms with Crippen LogP contribution in [0.15, 0.2) is 53.5 Å². The van der Waals surface area contributed by atoms with Crippen LogP contribution in [0.5, 0.6) is 11.5 Å². The van der Waals surface area contributed by atoms with Crippen LogP contribution in [0.1, 0.15) is 18.4 Å². The van der Waals surface area contributed by atoms with Crippen LogP contribution in [0.3, 0.4) is 0 Å². The molecule has 10 heteroatoms. The van der Waals surface area contributed by atoms with E-state index < -0.39 is 22.5 Å². The molecule has 1 fully saturated rings. The van der Waals surface area contributed by atoms with Crippen molar-refractivity contribution in [3.05, 3.63) is 76.2 Å². The average molecular weight is 476 g/mol. The molecule has 1 saturated carbocycles. The van der Waals surface area contributed by atoms with Crippen molar-refractivity contribution in [2.45, 2.75) is 25.3 Å². The maximum absolute atomic E-state index is 14.3. The van der Waals surface area contributed by atoms with Gasteiger partial charge in [-0.1, -0.05) is 6.07 Å². The average Bonchev–Trinajstić information content (AvgIpc) is 3.57. The number of benzene rings is 2. The van der Waals surface area contributed by atoms with E-state index in [4.69, 9.17) is 4.74 Å². The van der Waals surface area contributed by atoms with E-state index in [0.717, 1.165) is 30.5 Å². The maximum atomic E-state index is 14.3. The zero-order valence-electron chi connectivity index (χ0n) is 17.8. The molecule has 0 amide bonds. The third-order valence-electron chi connectivity index (χ3n) is 5.27. The maximum Gasteiger partial charge on any atom is 0.252 e. The van der Waals surface area contributed by atoms with Crippen LogP contribution < -0.4 is 20.3 Å². The number of rotatable bonds is 9. The van der Waals surface area contributed by atoms with Gasteiger partial charge in [0.2, 0.25) is 10.9 Å². The van der Waals surface area contributed by atoms with Crippen LogP contribution in [-0.4, -0.2) is 25.6 Å². The predicted octanol–water partition coefficient (Wildman–Crippen LogP) is 3.36. The van der Waals surface area contributed by atoms with Crippen molar-refractivity contribution in [1.82, 2.24) is 9.29 Å². The highest BCUT2D eigenvalue weighted by Crippen LogP contribution is 2.39. The van der Waals surface area contributed by atoms with Crippen molar-refractivity contribution in [3.63, 3.8) is 0 Å². The van der Waals surface area contributed by atoms with Gasteiger partial charge in [0.05, 0.1) is 0 Å². The molecule has 1 aromatic heterocycles. The van der Waals surface area contributed by atoms with Gasteiger partial charge in [-0.05, 0) is 49.1 Å². The lowest BCUT2D eigenvalue weighted by Crippen LogP contribution is -2.18. The minimum Gasteiger partial charge on any atom is -0.454 e. The summed E-state index contributed by atoms with van der Waals surface area (Å²) in [6, 6.07) is 10.0. The van der Waals surface area contributed by atoms with E-state index in [0.29, 0.717) is 29.0 Å². The highest BCUT2D eigenvalue weighted by Gasteiger charge is 2.24. The first-order chi connectivity index (χ1) is 15.8. The number of hydrogen-bond acceptors (Lipinski definition) is 5. The summed E-state index contributed by atoms with van der Waals surface area (Å²) in [6.07, 6.45) is 4.08. The Morgan fingerprint density at radius 3 is 2.52 bits per heavy atom. The second kappa shape index (κ2) is 9.72. The number of anilines is 1. The third-order valence-corrected chi connectivity index (χ3v) is 5.75. The molecule has 4 rings (SSSR count). The van der Waals surface area contributed by atoms with Gasteiger partial charge in [0.1, 0.15) is 11.6 Å². The lowest BCUT2D eigenvalue weighted by molar-refractivity contribution is 0.439. The van der Waals surface area contributed by atoms with Crippen LogP contribution in [0, 0.1) is 11.6 Å². The number of halogens is 2. The first kappa shape index (κ1) is 22.9. The molecule has 0 saturated heterocycles. The molecule has 0 atom stereocenters. The molecule has 0 radical (unpaired) electrons. The quantitative estimate of drug-likeness (QED) is 0.413. The normalized spacial score (nSPS) is 13.3. The summed E-state index contributed by atoms with van der Waals surface area (Å²) in [5, 5.41) is 3.35. The van der Waals surface area contributed by atoms with Gasteiger partial charge < -0.3 is 14.6 Å². The molecule has 1 heterocycles. The number of ether oxygens (including phenoxy) is 1. The van der Waals surface area contributed by atoms with Gasteiger partial charge in [0.15, 0.2) is 11.6 Å². The fourth-order valence-electron chi connectivity index (χ4n) is 3.41. The molecule has 3 aromatic rings. The third kappa shape index (κ3) is 5.77. The van der Waals surface area contributed by atoms with Crippen molar-refractivity contribution in [3.8, 4) is 22.6 Å². The van der Waals surface area contributed by atoms with Gasteiger partial charge in [0.25, 0.3) is 5.56 Å². The molecule has 1 aliphatic rings. The molecular weight excluding hydrogens is 452 g/mol. The standard InChI is InChI=1S/C23H23F2N3O4S/c1-28-13-18(20(12-23(28)29)27-16-4-5-16)17-10-14(8-9-26-33(30)31)2-6-21(17)32-22-7-3-15(24)11-19(22)25/h2-3,6-7,10-13,16,27,33H,4-5,8-9H2,1H3,(H,26,30,31). The Bertz CT molecular complexity index is 1310. The van der Waals surface area contributed by atoms with Crippen LogP contribution in [0.25, 0.3) is 11.1 Å². The van der Waals surface area contributed by atoms with E-state index in [2.05, 4.69) is 10.0 Å². The molecule has 1 aliphatic carbocycles. The Balaban J connectivity index is 1.79. The number of aryl methyl sites for hydroxylation is 1. The molecule has 0 aliphatic heterocycles. The lowest BCUT2D eigenvalue weighted by atomic mass is 10.00. The van der Waals surface area contributed by atoms with E-state index >= 15 is 0 Å². The second-order valence-electron chi connectivity index (χ2n) is 7.89. The Labute approximate surface area is 191 Å². The zero-order valence-corrected chi connectivity index (χ0v) is 18.7. The summed E-state index contributed by atoms with van der Waals surface area (Å²) < 4.78 is 58.9. The molecule has 0 bridgehead atoms. The molecule has 33 heavy (non-hydrogen) atoms. The van der Waals surface area contributed by atoms with Gasteiger partial charge >= 0.3 is 0 Å². The molecular formula is C23H23F2N3O4S. The number of thiol groups is 1. The minimum atomic E-state index is -2.71. The number of pyridine rings is 1. The van der Waals surface area contributed by atoms with Crippen LogP contribution in [0.4, 0.5) is 14.5 Å². The van der Waals surface area contributed by atoms with Crippen LogP contribution >= 0.6 is 0 Å². The van der Waals surface area contributed by atoms with Crippen molar-refractivity contribution < 1.29 is 21.9 Å². The molecule has 7 nitrogen and oxygen atoms in total. The van der Waals surface area contributed by atoms with Gasteiger partial charge in [-0.15, -0.1) is 0 Å². The molecule has 2 aromatic carbocycles. The van der Waals surface area contributed by atoms with Gasteiger partial charge in [0, 0.05) is 54.8 Å². The summed E-state index contributed by atoms with van der Waals surface area (Å²) >= 11 is 0. The van der Waals surface area contributed by atoms with E-state index in [9.17, 15) is 22.0 Å². The highest BCUT2D eigenvalue weighted by molar-refractivity contribution is 7.70.